The van der Waals surface area contributed by atoms with E-state index in [1.54, 1.807) is 0 Å². The van der Waals surface area contributed by atoms with E-state index in [0.717, 1.165) is 6.61 Å². The van der Waals surface area contributed by atoms with Crippen molar-refractivity contribution in [1.29, 1.82) is 0 Å². The SMILES string of the molecule is CCO[PH]1(S)NC(C(C)C)CO1. The average molecular weight is 211 g/mol. The summed E-state index contributed by atoms with van der Waals surface area (Å²) in [5, 5.41) is 3.33. The second-order valence-electron chi connectivity index (χ2n) is 3.32. The molecule has 1 aliphatic heterocycles. The Morgan fingerprint density at radius 3 is 2.83 bits per heavy atom. The van der Waals surface area contributed by atoms with Gasteiger partial charge in [0.2, 0.25) is 0 Å². The van der Waals surface area contributed by atoms with Crippen LogP contribution < -0.4 is 5.09 Å². The zero-order valence-corrected chi connectivity index (χ0v) is 9.73. The molecule has 5 heteroatoms. The quantitative estimate of drug-likeness (QED) is 0.553. The standard InChI is InChI=1S/C7H18NO2PS/c1-4-9-11(12)8-7(5-10-11)6(2)3/h6-8,11-12H,4-5H2,1-3H3. The predicted octanol–water partition coefficient (Wildman–Crippen LogP) is 2.01. The number of nitrogens with one attached hydrogen (secondary N) is 1. The van der Waals surface area contributed by atoms with Gasteiger partial charge in [-0.05, 0) is 0 Å². The van der Waals surface area contributed by atoms with Crippen molar-refractivity contribution in [3.8, 4) is 0 Å². The van der Waals surface area contributed by atoms with Crippen LogP contribution in [0.4, 0.5) is 0 Å². The van der Waals surface area contributed by atoms with Gasteiger partial charge < -0.3 is 0 Å². The number of hydrogen-bond acceptors (Lipinski definition) is 4. The molecule has 1 heterocycles. The molecule has 1 aliphatic rings. The van der Waals surface area contributed by atoms with Gasteiger partial charge >= 0.3 is 79.4 Å². The van der Waals surface area contributed by atoms with Crippen LogP contribution in [0.2, 0.25) is 0 Å². The van der Waals surface area contributed by atoms with Crippen molar-refractivity contribution in [2.24, 2.45) is 5.92 Å². The van der Waals surface area contributed by atoms with Gasteiger partial charge in [-0.1, -0.05) is 0 Å². The summed E-state index contributed by atoms with van der Waals surface area (Å²) in [6.45, 7) is 7.68. The number of hydrogen-bond donors (Lipinski definition) is 2. The molecule has 0 aromatic heterocycles. The second kappa shape index (κ2) is 4.25. The molecular weight excluding hydrogens is 193 g/mol. The summed E-state index contributed by atoms with van der Waals surface area (Å²) in [7, 11) is -2.27. The summed E-state index contributed by atoms with van der Waals surface area (Å²) >= 11 is 4.40. The summed E-state index contributed by atoms with van der Waals surface area (Å²) in [4.78, 5) is 0. The van der Waals surface area contributed by atoms with Crippen LogP contribution in [0.15, 0.2) is 0 Å². The van der Waals surface area contributed by atoms with E-state index < -0.39 is 7.07 Å². The average Bonchev–Trinajstić information content (AvgIpc) is 2.33. The Morgan fingerprint density at radius 1 is 1.75 bits per heavy atom. The molecule has 0 bridgehead atoms. The van der Waals surface area contributed by atoms with Gasteiger partial charge in [0.25, 0.3) is 0 Å². The van der Waals surface area contributed by atoms with Gasteiger partial charge in [0.1, 0.15) is 0 Å². The topological polar surface area (TPSA) is 30.5 Å². The van der Waals surface area contributed by atoms with E-state index in [-0.39, 0.29) is 0 Å². The zero-order chi connectivity index (χ0) is 9.19. The summed E-state index contributed by atoms with van der Waals surface area (Å²) < 4.78 is 11.0. The third-order valence-electron chi connectivity index (χ3n) is 1.97. The summed E-state index contributed by atoms with van der Waals surface area (Å²) in [5.41, 5.74) is 0. The van der Waals surface area contributed by atoms with Crippen LogP contribution in [0.1, 0.15) is 20.8 Å². The Bertz CT molecular complexity index is 158. The maximum absolute atomic E-state index is 5.52. The molecule has 0 saturated carbocycles. The minimum absolute atomic E-state index is 0.403. The molecule has 0 aliphatic carbocycles. The van der Waals surface area contributed by atoms with Crippen molar-refractivity contribution in [1.82, 2.24) is 5.09 Å². The van der Waals surface area contributed by atoms with Crippen molar-refractivity contribution in [2.45, 2.75) is 26.8 Å². The number of rotatable bonds is 3. The molecule has 0 radical (unpaired) electrons. The fourth-order valence-corrected chi connectivity index (χ4v) is 4.20. The molecule has 1 N–H and O–H groups in total. The molecule has 0 spiro atoms. The molecule has 3 nitrogen and oxygen atoms in total. The third kappa shape index (κ3) is 2.57. The minimum atomic E-state index is -2.27. The Balaban J connectivity index is 2.43. The van der Waals surface area contributed by atoms with Crippen LogP contribution in [0.25, 0.3) is 0 Å². The van der Waals surface area contributed by atoms with E-state index in [2.05, 4.69) is 31.2 Å². The first-order valence-electron chi connectivity index (χ1n) is 4.35. The maximum atomic E-state index is 5.52. The Kier molecular flexibility index (Phi) is 3.80. The van der Waals surface area contributed by atoms with E-state index >= 15 is 0 Å². The van der Waals surface area contributed by atoms with E-state index in [9.17, 15) is 0 Å². The molecule has 74 valence electrons. The van der Waals surface area contributed by atoms with E-state index in [4.69, 9.17) is 9.05 Å². The zero-order valence-electron chi connectivity index (χ0n) is 7.83. The molecule has 0 aromatic carbocycles. The molecule has 1 saturated heterocycles. The predicted molar refractivity (Wildman–Crippen MR) is 56.6 cm³/mol. The van der Waals surface area contributed by atoms with Crippen LogP contribution >= 0.6 is 19.3 Å². The normalized spacial score (nSPS) is 30.9. The second-order valence-corrected chi connectivity index (χ2v) is 7.12. The summed E-state index contributed by atoms with van der Waals surface area (Å²) in [5.74, 6) is 0.576. The van der Waals surface area contributed by atoms with E-state index in [1.165, 1.54) is 0 Å². The first kappa shape index (κ1) is 10.7. The molecule has 1 atom stereocenters. The van der Waals surface area contributed by atoms with Gasteiger partial charge in [-0.25, -0.2) is 0 Å². The van der Waals surface area contributed by atoms with Crippen LogP contribution in [0.3, 0.4) is 0 Å². The van der Waals surface area contributed by atoms with Crippen LogP contribution in [-0.2, 0) is 9.05 Å². The van der Waals surface area contributed by atoms with Gasteiger partial charge in [0.15, 0.2) is 0 Å². The summed E-state index contributed by atoms with van der Waals surface area (Å²) in [6, 6.07) is 0.403. The Labute approximate surface area is 79.9 Å². The van der Waals surface area contributed by atoms with Crippen molar-refractivity contribution >= 4 is 19.3 Å². The first-order chi connectivity index (χ1) is 5.57. The van der Waals surface area contributed by atoms with Crippen molar-refractivity contribution in [3.63, 3.8) is 0 Å². The van der Waals surface area contributed by atoms with Crippen molar-refractivity contribution in [3.05, 3.63) is 0 Å². The molecule has 1 unspecified atom stereocenters. The van der Waals surface area contributed by atoms with E-state index in [0.29, 0.717) is 18.6 Å². The van der Waals surface area contributed by atoms with Gasteiger partial charge in [-0.15, -0.1) is 0 Å². The molecule has 1 rings (SSSR count). The van der Waals surface area contributed by atoms with Crippen molar-refractivity contribution < 1.29 is 9.05 Å². The fourth-order valence-electron chi connectivity index (χ4n) is 1.16. The molecular formula is C7H18NO2PS. The van der Waals surface area contributed by atoms with Crippen molar-refractivity contribution in [2.75, 3.05) is 13.2 Å². The third-order valence-corrected chi connectivity index (χ3v) is 5.11. The summed E-state index contributed by atoms with van der Waals surface area (Å²) in [6.07, 6.45) is 0. The molecule has 0 amide bonds. The monoisotopic (exact) mass is 211 g/mol. The Hall–Kier alpha value is 0.660. The molecule has 0 aromatic rings. The molecule has 1 fully saturated rings. The number of thiol groups is 1. The van der Waals surface area contributed by atoms with Crippen LogP contribution in [-0.4, -0.2) is 19.3 Å². The van der Waals surface area contributed by atoms with Gasteiger partial charge in [0, 0.05) is 0 Å². The fraction of sp³-hybridized carbons (Fsp3) is 1.00. The van der Waals surface area contributed by atoms with Gasteiger partial charge in [0.05, 0.1) is 0 Å². The van der Waals surface area contributed by atoms with E-state index in [1.807, 2.05) is 6.92 Å². The molecule has 12 heavy (non-hydrogen) atoms. The van der Waals surface area contributed by atoms with Gasteiger partial charge in [-0.2, -0.15) is 0 Å². The van der Waals surface area contributed by atoms with Gasteiger partial charge in [-0.3, -0.25) is 0 Å². The Morgan fingerprint density at radius 2 is 2.42 bits per heavy atom. The van der Waals surface area contributed by atoms with Crippen LogP contribution in [0.5, 0.6) is 0 Å². The first-order valence-corrected chi connectivity index (χ1v) is 7.46. The van der Waals surface area contributed by atoms with Crippen LogP contribution in [0, 0.1) is 5.92 Å².